The molecule has 0 atom stereocenters. The van der Waals surface area contributed by atoms with Gasteiger partial charge in [-0.15, -0.1) is 10.2 Å². The number of methoxy groups -OCH3 is 1. The summed E-state index contributed by atoms with van der Waals surface area (Å²) in [6.45, 7) is 3.21. The van der Waals surface area contributed by atoms with Crippen LogP contribution in [0.25, 0.3) is 0 Å². The molecule has 0 aliphatic carbocycles. The lowest BCUT2D eigenvalue weighted by molar-refractivity contribution is 0.102. The summed E-state index contributed by atoms with van der Waals surface area (Å²) < 4.78 is 5.10. The fourth-order valence-electron chi connectivity index (χ4n) is 3.08. The third-order valence-corrected chi connectivity index (χ3v) is 4.68. The highest BCUT2D eigenvalue weighted by Crippen LogP contribution is 2.17. The van der Waals surface area contributed by atoms with Gasteiger partial charge in [0.05, 0.1) is 7.11 Å². The molecule has 148 valence electrons. The van der Waals surface area contributed by atoms with Gasteiger partial charge in [0.25, 0.3) is 5.91 Å². The van der Waals surface area contributed by atoms with E-state index in [1.54, 1.807) is 49.8 Å². The predicted molar refractivity (Wildman–Crippen MR) is 109 cm³/mol. The second kappa shape index (κ2) is 8.51. The molecular formula is C20H21N7O2. The van der Waals surface area contributed by atoms with Gasteiger partial charge < -0.3 is 19.9 Å². The maximum Gasteiger partial charge on any atom is 0.256 e. The maximum absolute atomic E-state index is 12.3. The molecule has 1 aromatic carbocycles. The lowest BCUT2D eigenvalue weighted by Gasteiger charge is -2.35. The number of ether oxygens (including phenoxy) is 1. The Morgan fingerprint density at radius 2 is 1.62 bits per heavy atom. The van der Waals surface area contributed by atoms with Crippen molar-refractivity contribution in [1.29, 1.82) is 0 Å². The number of anilines is 3. The number of aromatic nitrogens is 4. The van der Waals surface area contributed by atoms with Crippen LogP contribution in [0.4, 0.5) is 17.6 Å². The van der Waals surface area contributed by atoms with Gasteiger partial charge in [-0.3, -0.25) is 4.79 Å². The molecule has 3 heterocycles. The zero-order chi connectivity index (χ0) is 20.1. The van der Waals surface area contributed by atoms with E-state index in [4.69, 9.17) is 4.74 Å². The number of carbonyl (C=O) groups excluding carboxylic acids is 1. The van der Waals surface area contributed by atoms with Crippen molar-refractivity contribution >= 4 is 23.5 Å². The first kappa shape index (κ1) is 18.6. The first-order chi connectivity index (χ1) is 14.2. The normalized spacial score (nSPS) is 13.8. The Kier molecular flexibility index (Phi) is 5.46. The van der Waals surface area contributed by atoms with Crippen molar-refractivity contribution in [1.82, 2.24) is 20.2 Å². The van der Waals surface area contributed by atoms with Gasteiger partial charge in [0, 0.05) is 44.1 Å². The van der Waals surface area contributed by atoms with E-state index in [0.717, 1.165) is 37.9 Å². The summed E-state index contributed by atoms with van der Waals surface area (Å²) in [6, 6.07) is 12.3. The molecule has 0 radical (unpaired) electrons. The van der Waals surface area contributed by atoms with Gasteiger partial charge in [0.15, 0.2) is 11.6 Å². The highest BCUT2D eigenvalue weighted by Gasteiger charge is 2.20. The number of amides is 1. The van der Waals surface area contributed by atoms with Gasteiger partial charge in [-0.05, 0) is 42.5 Å². The number of piperazine rings is 1. The van der Waals surface area contributed by atoms with Gasteiger partial charge in [-0.1, -0.05) is 0 Å². The van der Waals surface area contributed by atoms with Crippen LogP contribution in [0, 0.1) is 0 Å². The molecule has 1 fully saturated rings. The van der Waals surface area contributed by atoms with Crippen molar-refractivity contribution in [2.45, 2.75) is 0 Å². The molecule has 3 aromatic rings. The van der Waals surface area contributed by atoms with Gasteiger partial charge in [-0.2, -0.15) is 0 Å². The quantitative estimate of drug-likeness (QED) is 0.704. The number of nitrogens with one attached hydrogen (secondary N) is 1. The fraction of sp³-hybridized carbons (Fsp3) is 0.250. The standard InChI is InChI=1S/C20H21N7O2/c1-29-16-5-3-15(4-6-16)19(28)23-17-7-8-18(25-24-17)26-11-13-27(14-12-26)20-21-9-2-10-22-20/h2-10H,11-14H2,1H3,(H,23,24,28). The van der Waals surface area contributed by atoms with Crippen LogP contribution in [0.15, 0.2) is 54.9 Å². The molecular weight excluding hydrogens is 370 g/mol. The lowest BCUT2D eigenvalue weighted by Crippen LogP contribution is -2.47. The molecule has 1 amide bonds. The maximum atomic E-state index is 12.3. The smallest absolute Gasteiger partial charge is 0.256 e. The van der Waals surface area contributed by atoms with Gasteiger partial charge in [0.1, 0.15) is 5.75 Å². The molecule has 0 bridgehead atoms. The van der Waals surface area contributed by atoms with Crippen LogP contribution < -0.4 is 19.9 Å². The van der Waals surface area contributed by atoms with Crippen LogP contribution in [0.2, 0.25) is 0 Å². The SMILES string of the molecule is COc1ccc(C(=O)Nc2ccc(N3CCN(c4ncccn4)CC3)nn2)cc1. The van der Waals surface area contributed by atoms with E-state index in [9.17, 15) is 4.79 Å². The number of hydrogen-bond donors (Lipinski definition) is 1. The van der Waals surface area contributed by atoms with E-state index in [1.807, 2.05) is 12.1 Å². The van der Waals surface area contributed by atoms with Crippen molar-refractivity contribution in [3.8, 4) is 5.75 Å². The fourth-order valence-corrected chi connectivity index (χ4v) is 3.08. The first-order valence-corrected chi connectivity index (χ1v) is 9.29. The molecule has 0 saturated carbocycles. The Morgan fingerprint density at radius 3 is 2.24 bits per heavy atom. The van der Waals surface area contributed by atoms with Crippen LogP contribution in [0.5, 0.6) is 5.75 Å². The summed E-state index contributed by atoms with van der Waals surface area (Å²) in [4.78, 5) is 25.2. The molecule has 4 rings (SSSR count). The second-order valence-electron chi connectivity index (χ2n) is 6.48. The molecule has 1 saturated heterocycles. The molecule has 2 aromatic heterocycles. The van der Waals surface area contributed by atoms with Crippen LogP contribution in [-0.4, -0.2) is 59.4 Å². The minimum absolute atomic E-state index is 0.244. The molecule has 1 aliphatic heterocycles. The summed E-state index contributed by atoms with van der Waals surface area (Å²) in [7, 11) is 1.58. The number of benzene rings is 1. The van der Waals surface area contributed by atoms with E-state index >= 15 is 0 Å². The number of rotatable bonds is 5. The minimum Gasteiger partial charge on any atom is -0.497 e. The zero-order valence-electron chi connectivity index (χ0n) is 16.0. The third kappa shape index (κ3) is 4.40. The van der Waals surface area contributed by atoms with Gasteiger partial charge in [-0.25, -0.2) is 9.97 Å². The monoisotopic (exact) mass is 391 g/mol. The summed E-state index contributed by atoms with van der Waals surface area (Å²) in [6.07, 6.45) is 3.50. The second-order valence-corrected chi connectivity index (χ2v) is 6.48. The van der Waals surface area contributed by atoms with Crippen LogP contribution in [0.1, 0.15) is 10.4 Å². The predicted octanol–water partition coefficient (Wildman–Crippen LogP) is 1.85. The van der Waals surface area contributed by atoms with E-state index < -0.39 is 0 Å². The number of nitrogens with zero attached hydrogens (tertiary/aromatic N) is 6. The Bertz CT molecular complexity index is 941. The largest absolute Gasteiger partial charge is 0.497 e. The van der Waals surface area contributed by atoms with E-state index in [-0.39, 0.29) is 5.91 Å². The average molecular weight is 391 g/mol. The highest BCUT2D eigenvalue weighted by molar-refractivity contribution is 6.03. The van der Waals surface area contributed by atoms with E-state index in [0.29, 0.717) is 17.1 Å². The van der Waals surface area contributed by atoms with Gasteiger partial charge >= 0.3 is 0 Å². The Balaban J connectivity index is 1.34. The van der Waals surface area contributed by atoms with Crippen molar-refractivity contribution in [2.75, 3.05) is 48.4 Å². The number of hydrogen-bond acceptors (Lipinski definition) is 8. The molecule has 9 heteroatoms. The molecule has 1 N–H and O–H groups in total. The van der Waals surface area contributed by atoms with E-state index in [1.165, 1.54) is 0 Å². The molecule has 29 heavy (non-hydrogen) atoms. The Hall–Kier alpha value is -3.75. The first-order valence-electron chi connectivity index (χ1n) is 9.29. The summed E-state index contributed by atoms with van der Waals surface area (Å²) in [5.74, 6) is 2.39. The van der Waals surface area contributed by atoms with Crippen molar-refractivity contribution in [2.24, 2.45) is 0 Å². The summed E-state index contributed by atoms with van der Waals surface area (Å²) in [5.41, 5.74) is 0.524. The molecule has 1 aliphatic rings. The molecule has 0 unspecified atom stereocenters. The van der Waals surface area contributed by atoms with Crippen molar-refractivity contribution < 1.29 is 9.53 Å². The highest BCUT2D eigenvalue weighted by atomic mass is 16.5. The van der Waals surface area contributed by atoms with E-state index in [2.05, 4.69) is 35.3 Å². The molecule has 9 nitrogen and oxygen atoms in total. The zero-order valence-corrected chi connectivity index (χ0v) is 16.0. The van der Waals surface area contributed by atoms with Crippen LogP contribution in [-0.2, 0) is 0 Å². The third-order valence-electron chi connectivity index (χ3n) is 4.68. The van der Waals surface area contributed by atoms with Crippen molar-refractivity contribution in [3.05, 3.63) is 60.4 Å². The molecule has 0 spiro atoms. The minimum atomic E-state index is -0.244. The topological polar surface area (TPSA) is 96.4 Å². The number of carbonyl (C=O) groups is 1. The van der Waals surface area contributed by atoms with Crippen LogP contribution >= 0.6 is 0 Å². The average Bonchev–Trinajstić information content (AvgIpc) is 2.80. The lowest BCUT2D eigenvalue weighted by atomic mass is 10.2. The summed E-state index contributed by atoms with van der Waals surface area (Å²) >= 11 is 0. The Labute approximate surface area is 168 Å². The van der Waals surface area contributed by atoms with Gasteiger partial charge in [0.2, 0.25) is 5.95 Å². The Morgan fingerprint density at radius 1 is 0.931 bits per heavy atom. The van der Waals surface area contributed by atoms with Crippen LogP contribution in [0.3, 0.4) is 0 Å². The summed E-state index contributed by atoms with van der Waals surface area (Å²) in [5, 5.41) is 11.2. The van der Waals surface area contributed by atoms with Crippen molar-refractivity contribution in [3.63, 3.8) is 0 Å².